The fourth-order valence-corrected chi connectivity index (χ4v) is 2.64. The maximum Gasteiger partial charge on any atom is 0.247 e. The second-order valence-electron chi connectivity index (χ2n) is 7.15. The maximum absolute atomic E-state index is 12.8. The van der Waals surface area contributed by atoms with Gasteiger partial charge in [0.2, 0.25) is 17.7 Å². The van der Waals surface area contributed by atoms with Crippen LogP contribution in [0.3, 0.4) is 0 Å². The Balaban J connectivity index is 2.01. The van der Waals surface area contributed by atoms with Crippen LogP contribution in [0.15, 0.2) is 60.7 Å². The van der Waals surface area contributed by atoms with Gasteiger partial charge >= 0.3 is 0 Å². The number of nitrogens with one attached hydrogen (secondary N) is 3. The minimum Gasteiger partial charge on any atom is -0.346 e. The van der Waals surface area contributed by atoms with Gasteiger partial charge in [0, 0.05) is 12.1 Å². The Bertz CT molecular complexity index is 809. The summed E-state index contributed by atoms with van der Waals surface area (Å²) < 4.78 is 0. The van der Waals surface area contributed by atoms with Gasteiger partial charge in [0.1, 0.15) is 6.04 Å². The zero-order valence-electron chi connectivity index (χ0n) is 16.7. The van der Waals surface area contributed by atoms with Crippen molar-refractivity contribution in [1.29, 1.82) is 0 Å². The molecule has 0 saturated carbocycles. The van der Waals surface area contributed by atoms with Gasteiger partial charge in [-0.1, -0.05) is 62.4 Å². The lowest BCUT2D eigenvalue weighted by Crippen LogP contribution is -2.51. The molecule has 5 N–H and O–H groups in total. The Morgan fingerprint density at radius 2 is 1.48 bits per heavy atom. The molecule has 2 rings (SSSR count). The maximum atomic E-state index is 12.8. The molecule has 0 aromatic heterocycles. The van der Waals surface area contributed by atoms with Crippen LogP contribution in [0.1, 0.15) is 19.4 Å². The highest BCUT2D eigenvalue weighted by atomic mass is 16.2. The van der Waals surface area contributed by atoms with Crippen LogP contribution in [0.25, 0.3) is 0 Å². The summed E-state index contributed by atoms with van der Waals surface area (Å²) in [6, 6.07) is 16.9. The van der Waals surface area contributed by atoms with Gasteiger partial charge in [-0.25, -0.2) is 0 Å². The molecule has 0 aliphatic carbocycles. The molecule has 0 aliphatic heterocycles. The van der Waals surface area contributed by atoms with Crippen LogP contribution in [0.4, 0.5) is 5.69 Å². The second kappa shape index (κ2) is 11.0. The van der Waals surface area contributed by atoms with Gasteiger partial charge < -0.3 is 21.7 Å². The van der Waals surface area contributed by atoms with E-state index in [1.165, 1.54) is 0 Å². The van der Waals surface area contributed by atoms with E-state index in [-0.39, 0.29) is 18.4 Å². The predicted molar refractivity (Wildman–Crippen MR) is 113 cm³/mol. The lowest BCUT2D eigenvalue weighted by atomic mass is 10.0. The van der Waals surface area contributed by atoms with Crippen LogP contribution in [0.2, 0.25) is 0 Å². The molecule has 2 aromatic rings. The summed E-state index contributed by atoms with van der Waals surface area (Å²) in [7, 11) is 0. The Kier molecular flexibility index (Phi) is 8.36. The van der Waals surface area contributed by atoms with Crippen molar-refractivity contribution in [2.75, 3.05) is 11.9 Å². The molecule has 0 fully saturated rings. The molecule has 3 amide bonds. The molecule has 7 heteroatoms. The lowest BCUT2D eigenvalue weighted by molar-refractivity contribution is -0.129. The number of nitrogens with two attached hydrogens (primary N) is 1. The molecular formula is C22H28N4O3. The zero-order chi connectivity index (χ0) is 21.2. The summed E-state index contributed by atoms with van der Waals surface area (Å²) in [5.41, 5.74) is 7.32. The van der Waals surface area contributed by atoms with E-state index < -0.39 is 23.9 Å². The number of carbonyl (C=O) groups is 3. The van der Waals surface area contributed by atoms with Crippen molar-refractivity contribution in [3.8, 4) is 0 Å². The number of carbonyl (C=O) groups excluding carboxylic acids is 3. The summed E-state index contributed by atoms with van der Waals surface area (Å²) in [5, 5.41) is 8.02. The minimum atomic E-state index is -0.791. The SMILES string of the molecule is CC(C)[C@H](N)C(=O)NCC(=O)NC(Cc1ccccc1)C(=O)Nc1ccccc1. The first-order valence-corrected chi connectivity index (χ1v) is 9.59. The number of rotatable bonds is 9. The van der Waals surface area contributed by atoms with E-state index in [9.17, 15) is 14.4 Å². The van der Waals surface area contributed by atoms with Crippen molar-refractivity contribution in [3.63, 3.8) is 0 Å². The first kappa shape index (κ1) is 22.1. The smallest absolute Gasteiger partial charge is 0.247 e. The third-order valence-corrected chi connectivity index (χ3v) is 4.42. The van der Waals surface area contributed by atoms with Crippen LogP contribution in [0.5, 0.6) is 0 Å². The molecule has 2 atom stereocenters. The van der Waals surface area contributed by atoms with Crippen molar-refractivity contribution in [2.45, 2.75) is 32.4 Å². The van der Waals surface area contributed by atoms with E-state index >= 15 is 0 Å². The fraction of sp³-hybridized carbons (Fsp3) is 0.318. The first-order chi connectivity index (χ1) is 13.9. The van der Waals surface area contributed by atoms with Crippen LogP contribution >= 0.6 is 0 Å². The molecule has 0 radical (unpaired) electrons. The van der Waals surface area contributed by atoms with E-state index in [1.54, 1.807) is 12.1 Å². The van der Waals surface area contributed by atoms with Crippen molar-refractivity contribution in [2.24, 2.45) is 11.7 Å². The Morgan fingerprint density at radius 1 is 0.897 bits per heavy atom. The van der Waals surface area contributed by atoms with Gasteiger partial charge in [-0.15, -0.1) is 0 Å². The molecule has 2 aromatic carbocycles. The predicted octanol–water partition coefficient (Wildman–Crippen LogP) is 1.45. The molecule has 0 aliphatic rings. The van der Waals surface area contributed by atoms with Gasteiger partial charge in [-0.3, -0.25) is 14.4 Å². The van der Waals surface area contributed by atoms with Crippen LogP contribution in [-0.2, 0) is 20.8 Å². The van der Waals surface area contributed by atoms with Crippen molar-refractivity contribution in [3.05, 3.63) is 66.2 Å². The molecule has 0 saturated heterocycles. The Morgan fingerprint density at radius 3 is 2.07 bits per heavy atom. The number of anilines is 1. The standard InChI is InChI=1S/C22H28N4O3/c1-15(2)20(23)22(29)24-14-19(27)26-18(13-16-9-5-3-6-10-16)21(28)25-17-11-7-4-8-12-17/h3-12,15,18,20H,13-14,23H2,1-2H3,(H,24,29)(H,25,28)(H,26,27)/t18?,20-/m0/s1. The number of hydrogen-bond donors (Lipinski definition) is 4. The molecule has 1 unspecified atom stereocenters. The molecule has 0 bridgehead atoms. The van der Waals surface area contributed by atoms with E-state index in [4.69, 9.17) is 5.73 Å². The largest absolute Gasteiger partial charge is 0.346 e. The molecule has 0 spiro atoms. The molecular weight excluding hydrogens is 368 g/mol. The molecule has 29 heavy (non-hydrogen) atoms. The number of hydrogen-bond acceptors (Lipinski definition) is 4. The van der Waals surface area contributed by atoms with Crippen LogP contribution in [-0.4, -0.2) is 36.3 Å². The van der Waals surface area contributed by atoms with Crippen molar-refractivity contribution < 1.29 is 14.4 Å². The van der Waals surface area contributed by atoms with E-state index in [2.05, 4.69) is 16.0 Å². The number of amides is 3. The summed E-state index contributed by atoms with van der Waals surface area (Å²) in [4.78, 5) is 37.1. The van der Waals surface area contributed by atoms with Gasteiger partial charge in [0.25, 0.3) is 0 Å². The second-order valence-corrected chi connectivity index (χ2v) is 7.15. The van der Waals surface area contributed by atoms with Crippen LogP contribution < -0.4 is 21.7 Å². The first-order valence-electron chi connectivity index (χ1n) is 9.59. The van der Waals surface area contributed by atoms with Gasteiger partial charge in [0.05, 0.1) is 12.6 Å². The molecule has 7 nitrogen and oxygen atoms in total. The Labute approximate surface area is 171 Å². The molecule has 0 heterocycles. The van der Waals surface area contributed by atoms with Gasteiger partial charge in [-0.2, -0.15) is 0 Å². The lowest BCUT2D eigenvalue weighted by Gasteiger charge is -2.20. The Hall–Kier alpha value is -3.19. The monoisotopic (exact) mass is 396 g/mol. The fourth-order valence-electron chi connectivity index (χ4n) is 2.64. The van der Waals surface area contributed by atoms with Crippen molar-refractivity contribution >= 4 is 23.4 Å². The van der Waals surface area contributed by atoms with Gasteiger partial charge in [0.15, 0.2) is 0 Å². The normalized spacial score (nSPS) is 12.7. The number of para-hydroxylation sites is 1. The minimum absolute atomic E-state index is 0.0412. The average molecular weight is 396 g/mol. The summed E-state index contributed by atoms with van der Waals surface area (Å²) in [6.45, 7) is 3.41. The highest BCUT2D eigenvalue weighted by Gasteiger charge is 2.23. The zero-order valence-corrected chi connectivity index (χ0v) is 16.7. The highest BCUT2D eigenvalue weighted by molar-refractivity contribution is 5.98. The van der Waals surface area contributed by atoms with Crippen molar-refractivity contribution in [1.82, 2.24) is 10.6 Å². The number of benzene rings is 2. The highest BCUT2D eigenvalue weighted by Crippen LogP contribution is 2.09. The van der Waals surface area contributed by atoms with Crippen LogP contribution in [0, 0.1) is 5.92 Å². The van der Waals surface area contributed by atoms with E-state index in [1.807, 2.05) is 62.4 Å². The van der Waals surface area contributed by atoms with E-state index in [0.29, 0.717) is 12.1 Å². The topological polar surface area (TPSA) is 113 Å². The molecule has 154 valence electrons. The van der Waals surface area contributed by atoms with E-state index in [0.717, 1.165) is 5.56 Å². The summed E-state index contributed by atoms with van der Waals surface area (Å²) in [6.07, 6.45) is 0.324. The third kappa shape index (κ3) is 7.38. The third-order valence-electron chi connectivity index (χ3n) is 4.42. The van der Waals surface area contributed by atoms with Gasteiger partial charge in [-0.05, 0) is 23.6 Å². The quantitative estimate of drug-likeness (QED) is 0.514. The summed E-state index contributed by atoms with van der Waals surface area (Å²) >= 11 is 0. The summed E-state index contributed by atoms with van der Waals surface area (Å²) in [5.74, 6) is -1.24. The average Bonchev–Trinajstić information content (AvgIpc) is 2.72.